The van der Waals surface area contributed by atoms with Crippen LogP contribution in [0, 0.1) is 5.92 Å². The third kappa shape index (κ3) is 5.80. The molecule has 4 rings (SSSR count). The first-order valence-electron chi connectivity index (χ1n) is 11.7. The lowest BCUT2D eigenvalue weighted by atomic mass is 9.99. The first kappa shape index (κ1) is 23.0. The molecule has 0 spiro atoms. The Morgan fingerprint density at radius 1 is 1.09 bits per heavy atom. The highest BCUT2D eigenvalue weighted by atomic mass is 35.5. The molecule has 2 aromatic heterocycles. The second kappa shape index (κ2) is 11.1. The van der Waals surface area contributed by atoms with E-state index in [1.165, 1.54) is 12.8 Å². The molecule has 1 aliphatic rings. The number of fused-ring (bicyclic) bond motifs is 1. The lowest BCUT2D eigenvalue weighted by Crippen LogP contribution is -2.29. The molecule has 0 unspecified atom stereocenters. The van der Waals surface area contributed by atoms with Gasteiger partial charge in [0.05, 0.1) is 31.6 Å². The van der Waals surface area contributed by atoms with Crippen molar-refractivity contribution in [1.82, 2.24) is 20.1 Å². The molecule has 1 fully saturated rings. The molecule has 3 aromatic rings. The van der Waals surface area contributed by atoms with E-state index in [1.54, 1.807) is 0 Å². The van der Waals surface area contributed by atoms with Gasteiger partial charge in [-0.15, -0.1) is 0 Å². The van der Waals surface area contributed by atoms with Crippen molar-refractivity contribution in [2.24, 2.45) is 5.92 Å². The van der Waals surface area contributed by atoms with Gasteiger partial charge in [-0.3, -0.25) is 0 Å². The molecule has 172 valence electrons. The first-order chi connectivity index (χ1) is 15.7. The molecule has 7 heteroatoms. The van der Waals surface area contributed by atoms with E-state index in [0.29, 0.717) is 24.9 Å². The van der Waals surface area contributed by atoms with Crippen molar-refractivity contribution in [2.45, 2.75) is 58.8 Å². The highest BCUT2D eigenvalue weighted by Gasteiger charge is 2.17. The van der Waals surface area contributed by atoms with Crippen LogP contribution in [-0.2, 0) is 17.9 Å². The third-order valence-electron chi connectivity index (χ3n) is 6.14. The first-order valence-corrected chi connectivity index (χ1v) is 12.1. The summed E-state index contributed by atoms with van der Waals surface area (Å²) in [4.78, 5) is 4.83. The van der Waals surface area contributed by atoms with Gasteiger partial charge in [0.2, 0.25) is 5.88 Å². The summed E-state index contributed by atoms with van der Waals surface area (Å²) in [5.41, 5.74) is 2.86. The Labute approximate surface area is 195 Å². The van der Waals surface area contributed by atoms with Crippen LogP contribution in [0.2, 0.25) is 5.02 Å². The minimum absolute atomic E-state index is 0.167. The Kier molecular flexibility index (Phi) is 8.00. The molecule has 0 bridgehead atoms. The highest BCUT2D eigenvalue weighted by molar-refractivity contribution is 6.30. The fraction of sp³-hybridized carbons (Fsp3) is 0.520. The van der Waals surface area contributed by atoms with Crippen LogP contribution in [0.3, 0.4) is 0 Å². The zero-order valence-electron chi connectivity index (χ0n) is 19.0. The van der Waals surface area contributed by atoms with Gasteiger partial charge in [0.1, 0.15) is 0 Å². The standard InChI is InChI=1S/C25H33ClN4O2/c1-3-21(4-2)32-24-10-9-22-23(17-31-16-19-11-13-27-14-12-19)29-30(25(22)28-24)15-18-5-7-20(26)8-6-18/h5-10,19,21,27H,3-4,11-17H2,1-2H3. The van der Waals surface area contributed by atoms with Crippen LogP contribution in [0.4, 0.5) is 0 Å². The zero-order valence-corrected chi connectivity index (χ0v) is 19.8. The van der Waals surface area contributed by atoms with Crippen LogP contribution in [0.1, 0.15) is 50.8 Å². The van der Waals surface area contributed by atoms with E-state index in [9.17, 15) is 0 Å². The number of rotatable bonds is 10. The third-order valence-corrected chi connectivity index (χ3v) is 6.39. The molecule has 1 aliphatic heterocycles. The molecular weight excluding hydrogens is 424 g/mol. The SMILES string of the molecule is CCC(CC)Oc1ccc2c(COCC3CCNCC3)nn(Cc3ccc(Cl)cc3)c2n1. The van der Waals surface area contributed by atoms with Gasteiger partial charge >= 0.3 is 0 Å². The largest absolute Gasteiger partial charge is 0.474 e. The number of hydrogen-bond donors (Lipinski definition) is 1. The van der Waals surface area contributed by atoms with Crippen molar-refractivity contribution in [2.75, 3.05) is 19.7 Å². The summed E-state index contributed by atoms with van der Waals surface area (Å²) in [6, 6.07) is 11.9. The highest BCUT2D eigenvalue weighted by Crippen LogP contribution is 2.24. The number of benzene rings is 1. The topological polar surface area (TPSA) is 61.2 Å². The molecule has 3 heterocycles. The molecule has 1 aromatic carbocycles. The molecular formula is C25H33ClN4O2. The molecule has 6 nitrogen and oxygen atoms in total. The maximum absolute atomic E-state index is 6.10. The van der Waals surface area contributed by atoms with Gasteiger partial charge in [0, 0.05) is 16.5 Å². The van der Waals surface area contributed by atoms with Gasteiger partial charge < -0.3 is 14.8 Å². The van der Waals surface area contributed by atoms with Gasteiger partial charge in [-0.1, -0.05) is 37.6 Å². The Balaban J connectivity index is 1.56. The van der Waals surface area contributed by atoms with Crippen molar-refractivity contribution >= 4 is 22.6 Å². The fourth-order valence-electron chi connectivity index (χ4n) is 4.14. The number of aromatic nitrogens is 3. The average Bonchev–Trinajstić information content (AvgIpc) is 3.16. The minimum Gasteiger partial charge on any atom is -0.474 e. The van der Waals surface area contributed by atoms with Crippen LogP contribution in [0.25, 0.3) is 11.0 Å². The van der Waals surface area contributed by atoms with E-state index in [0.717, 1.165) is 59.9 Å². The summed E-state index contributed by atoms with van der Waals surface area (Å²) in [6.45, 7) is 8.30. The molecule has 32 heavy (non-hydrogen) atoms. The predicted molar refractivity (Wildman–Crippen MR) is 128 cm³/mol. The molecule has 0 saturated carbocycles. The predicted octanol–water partition coefficient (Wildman–Crippen LogP) is 5.22. The van der Waals surface area contributed by atoms with Crippen molar-refractivity contribution in [1.29, 1.82) is 0 Å². The van der Waals surface area contributed by atoms with E-state index in [1.807, 2.05) is 35.0 Å². The summed E-state index contributed by atoms with van der Waals surface area (Å²) in [6.07, 6.45) is 4.42. The van der Waals surface area contributed by atoms with Crippen LogP contribution in [0.15, 0.2) is 36.4 Å². The molecule has 0 radical (unpaired) electrons. The number of ether oxygens (including phenoxy) is 2. The Morgan fingerprint density at radius 3 is 2.56 bits per heavy atom. The molecule has 0 amide bonds. The number of hydrogen-bond acceptors (Lipinski definition) is 5. The monoisotopic (exact) mass is 456 g/mol. The molecule has 0 aliphatic carbocycles. The molecule has 1 N–H and O–H groups in total. The van der Waals surface area contributed by atoms with Crippen molar-refractivity contribution in [3.05, 3.63) is 52.7 Å². The van der Waals surface area contributed by atoms with Gasteiger partial charge in [-0.05, 0) is 68.5 Å². The Hall–Kier alpha value is -2.15. The van der Waals surface area contributed by atoms with Crippen molar-refractivity contribution in [3.8, 4) is 5.88 Å². The van der Waals surface area contributed by atoms with Crippen molar-refractivity contribution < 1.29 is 9.47 Å². The lowest BCUT2D eigenvalue weighted by molar-refractivity contribution is 0.0747. The minimum atomic E-state index is 0.167. The lowest BCUT2D eigenvalue weighted by Gasteiger charge is -2.22. The maximum atomic E-state index is 6.10. The summed E-state index contributed by atoms with van der Waals surface area (Å²) in [7, 11) is 0. The van der Waals surface area contributed by atoms with Gasteiger partial charge in [0.15, 0.2) is 5.65 Å². The van der Waals surface area contributed by atoms with E-state index in [2.05, 4.69) is 25.2 Å². The van der Waals surface area contributed by atoms with E-state index in [-0.39, 0.29) is 6.10 Å². The van der Waals surface area contributed by atoms with E-state index in [4.69, 9.17) is 31.2 Å². The van der Waals surface area contributed by atoms with Gasteiger partial charge in [-0.2, -0.15) is 10.1 Å². The fourth-order valence-corrected chi connectivity index (χ4v) is 4.27. The summed E-state index contributed by atoms with van der Waals surface area (Å²) >= 11 is 6.06. The number of piperidine rings is 1. The Morgan fingerprint density at radius 2 is 1.84 bits per heavy atom. The van der Waals surface area contributed by atoms with Gasteiger partial charge in [-0.25, -0.2) is 4.68 Å². The Bertz CT molecular complexity index is 995. The average molecular weight is 457 g/mol. The maximum Gasteiger partial charge on any atom is 0.215 e. The zero-order chi connectivity index (χ0) is 22.3. The number of pyridine rings is 1. The summed E-state index contributed by atoms with van der Waals surface area (Å²) in [5.74, 6) is 1.27. The number of nitrogens with one attached hydrogen (secondary N) is 1. The molecule has 1 saturated heterocycles. The van der Waals surface area contributed by atoms with Gasteiger partial charge in [0.25, 0.3) is 0 Å². The van der Waals surface area contributed by atoms with Crippen LogP contribution in [0.5, 0.6) is 5.88 Å². The quantitative estimate of drug-likeness (QED) is 0.453. The van der Waals surface area contributed by atoms with Crippen LogP contribution in [-0.4, -0.2) is 40.6 Å². The van der Waals surface area contributed by atoms with Crippen molar-refractivity contribution in [3.63, 3.8) is 0 Å². The second-order valence-corrected chi connectivity index (χ2v) is 8.95. The van der Waals surface area contributed by atoms with E-state index < -0.39 is 0 Å². The molecule has 0 atom stereocenters. The number of nitrogens with zero attached hydrogens (tertiary/aromatic N) is 3. The van der Waals surface area contributed by atoms with Crippen LogP contribution < -0.4 is 10.1 Å². The van der Waals surface area contributed by atoms with E-state index >= 15 is 0 Å². The summed E-state index contributed by atoms with van der Waals surface area (Å²) < 4.78 is 14.1. The normalized spacial score (nSPS) is 15.0. The second-order valence-electron chi connectivity index (χ2n) is 8.52. The van der Waals surface area contributed by atoms with Crippen LogP contribution >= 0.6 is 11.6 Å². The smallest absolute Gasteiger partial charge is 0.215 e. The summed E-state index contributed by atoms with van der Waals surface area (Å²) in [5, 5.41) is 10.0. The number of halogens is 1.